The highest BCUT2D eigenvalue weighted by atomic mass is 32.2. The number of anilines is 1. The Morgan fingerprint density at radius 3 is 2.28 bits per heavy atom. The molecule has 2 aromatic carbocycles. The second-order valence-electron chi connectivity index (χ2n) is 7.40. The summed E-state index contributed by atoms with van der Waals surface area (Å²) in [6.45, 7) is 7.72. The van der Waals surface area contributed by atoms with Gasteiger partial charge in [0.25, 0.3) is 11.1 Å². The van der Waals surface area contributed by atoms with Crippen molar-refractivity contribution >= 4 is 40.6 Å². The summed E-state index contributed by atoms with van der Waals surface area (Å²) in [6.07, 6.45) is 1.69. The number of imide groups is 1. The summed E-state index contributed by atoms with van der Waals surface area (Å²) in [7, 11) is 0. The number of hydrogen-bond acceptors (Lipinski definition) is 4. The van der Waals surface area contributed by atoms with E-state index in [0.717, 1.165) is 33.4 Å². The van der Waals surface area contributed by atoms with Crippen molar-refractivity contribution in [1.82, 2.24) is 4.90 Å². The van der Waals surface area contributed by atoms with Crippen molar-refractivity contribution in [1.29, 1.82) is 0 Å². The molecule has 1 fully saturated rings. The van der Waals surface area contributed by atoms with E-state index in [-0.39, 0.29) is 6.54 Å². The highest BCUT2D eigenvalue weighted by Crippen LogP contribution is 2.32. The largest absolute Gasteiger partial charge is 0.324 e. The third-order valence-corrected chi connectivity index (χ3v) is 5.73. The van der Waals surface area contributed by atoms with Crippen molar-refractivity contribution in [2.45, 2.75) is 33.6 Å². The molecule has 2 aromatic rings. The fourth-order valence-corrected chi connectivity index (χ4v) is 3.94. The molecule has 1 aliphatic heterocycles. The Kier molecular flexibility index (Phi) is 6.23. The third-order valence-electron chi connectivity index (χ3n) is 4.82. The molecule has 0 radical (unpaired) electrons. The van der Waals surface area contributed by atoms with Crippen LogP contribution in [-0.2, 0) is 9.59 Å². The number of nitrogens with one attached hydrogen (secondary N) is 1. The number of carbonyl (C=O) groups excluding carboxylic acids is 3. The van der Waals surface area contributed by atoms with Crippen molar-refractivity contribution in [3.8, 4) is 0 Å². The Morgan fingerprint density at radius 1 is 1.07 bits per heavy atom. The average molecular weight is 409 g/mol. The maximum Gasteiger partial charge on any atom is 0.294 e. The summed E-state index contributed by atoms with van der Waals surface area (Å²) in [5.41, 5.74) is 4.62. The molecule has 1 N–H and O–H groups in total. The van der Waals surface area contributed by atoms with Crippen LogP contribution in [0, 0.1) is 13.8 Å². The molecule has 0 spiro atoms. The van der Waals surface area contributed by atoms with Crippen LogP contribution in [0.2, 0.25) is 0 Å². The van der Waals surface area contributed by atoms with Gasteiger partial charge < -0.3 is 5.32 Å². The molecular formula is C23H24N2O3S. The van der Waals surface area contributed by atoms with Crippen LogP contribution in [0.25, 0.3) is 6.08 Å². The summed E-state index contributed by atoms with van der Waals surface area (Å²) in [4.78, 5) is 38.7. The maximum absolute atomic E-state index is 12.7. The Bertz CT molecular complexity index is 973. The van der Waals surface area contributed by atoms with Gasteiger partial charge >= 0.3 is 0 Å². The van der Waals surface area contributed by atoms with Gasteiger partial charge in [0.1, 0.15) is 6.54 Å². The molecule has 3 amide bonds. The monoisotopic (exact) mass is 408 g/mol. The summed E-state index contributed by atoms with van der Waals surface area (Å²) in [5, 5.41) is 2.38. The lowest BCUT2D eigenvalue weighted by Crippen LogP contribution is -2.36. The quantitative estimate of drug-likeness (QED) is 0.699. The van der Waals surface area contributed by atoms with Crippen LogP contribution in [-0.4, -0.2) is 28.5 Å². The summed E-state index contributed by atoms with van der Waals surface area (Å²) in [5.74, 6) is -0.413. The highest BCUT2D eigenvalue weighted by Gasteiger charge is 2.36. The Labute approximate surface area is 175 Å². The van der Waals surface area contributed by atoms with E-state index in [0.29, 0.717) is 16.5 Å². The van der Waals surface area contributed by atoms with Crippen molar-refractivity contribution in [3.05, 3.63) is 69.6 Å². The van der Waals surface area contributed by atoms with E-state index >= 15 is 0 Å². The minimum absolute atomic E-state index is 0.304. The second kappa shape index (κ2) is 8.66. The number of carbonyl (C=O) groups is 3. The van der Waals surface area contributed by atoms with E-state index in [1.165, 1.54) is 5.56 Å². The lowest BCUT2D eigenvalue weighted by Gasteiger charge is -2.15. The predicted molar refractivity (Wildman–Crippen MR) is 118 cm³/mol. The molecule has 3 rings (SSSR count). The van der Waals surface area contributed by atoms with Gasteiger partial charge in [-0.1, -0.05) is 56.3 Å². The zero-order valence-electron chi connectivity index (χ0n) is 17.0. The van der Waals surface area contributed by atoms with Crippen LogP contribution in [0.1, 0.15) is 42.0 Å². The van der Waals surface area contributed by atoms with Crippen LogP contribution < -0.4 is 5.32 Å². The highest BCUT2D eigenvalue weighted by molar-refractivity contribution is 8.18. The molecule has 5 nitrogen and oxygen atoms in total. The molecule has 150 valence electrons. The molecule has 1 aliphatic rings. The number of benzene rings is 2. The van der Waals surface area contributed by atoms with Gasteiger partial charge in [0.2, 0.25) is 5.91 Å². The van der Waals surface area contributed by atoms with Gasteiger partial charge in [-0.25, -0.2) is 0 Å². The Balaban J connectivity index is 1.71. The molecule has 0 aliphatic carbocycles. The molecule has 6 heteroatoms. The van der Waals surface area contributed by atoms with Crippen LogP contribution in [0.15, 0.2) is 47.4 Å². The van der Waals surface area contributed by atoms with Gasteiger partial charge in [-0.2, -0.15) is 0 Å². The third kappa shape index (κ3) is 4.77. The normalized spacial score (nSPS) is 15.5. The van der Waals surface area contributed by atoms with Crippen LogP contribution in [0.3, 0.4) is 0 Å². The smallest absolute Gasteiger partial charge is 0.294 e. The van der Waals surface area contributed by atoms with Gasteiger partial charge in [0.05, 0.1) is 4.91 Å². The predicted octanol–water partition coefficient (Wildman–Crippen LogP) is 5.10. The first-order valence-electron chi connectivity index (χ1n) is 9.47. The fraction of sp³-hybridized carbons (Fsp3) is 0.261. The van der Waals surface area contributed by atoms with Gasteiger partial charge in [-0.15, -0.1) is 0 Å². The summed E-state index contributed by atoms with van der Waals surface area (Å²) in [6, 6.07) is 13.6. The maximum atomic E-state index is 12.7. The topological polar surface area (TPSA) is 66.5 Å². The molecular weight excluding hydrogens is 384 g/mol. The molecule has 1 saturated heterocycles. The number of aryl methyl sites for hydroxylation is 2. The molecule has 0 bridgehead atoms. The fourth-order valence-electron chi connectivity index (χ4n) is 3.10. The molecule has 29 heavy (non-hydrogen) atoms. The molecule has 0 atom stereocenters. The zero-order valence-corrected chi connectivity index (χ0v) is 17.8. The first-order chi connectivity index (χ1) is 13.8. The van der Waals surface area contributed by atoms with Crippen LogP contribution in [0.5, 0.6) is 0 Å². The number of para-hydroxylation sites is 1. The van der Waals surface area contributed by atoms with E-state index in [9.17, 15) is 14.4 Å². The first-order valence-corrected chi connectivity index (χ1v) is 10.3. The van der Waals surface area contributed by atoms with Gasteiger partial charge in [-0.05, 0) is 59.9 Å². The average Bonchev–Trinajstić information content (AvgIpc) is 2.92. The Hall–Kier alpha value is -2.86. The molecule has 0 aromatic heterocycles. The van der Waals surface area contributed by atoms with E-state index in [4.69, 9.17) is 0 Å². The summed E-state index contributed by atoms with van der Waals surface area (Å²) < 4.78 is 0. The van der Waals surface area contributed by atoms with E-state index in [1.54, 1.807) is 6.08 Å². The minimum atomic E-state index is -0.440. The van der Waals surface area contributed by atoms with Gasteiger partial charge in [-0.3, -0.25) is 19.3 Å². The number of hydrogen-bond donors (Lipinski definition) is 1. The van der Waals surface area contributed by atoms with Crippen LogP contribution >= 0.6 is 11.8 Å². The number of thioether (sulfide) groups is 1. The Morgan fingerprint density at radius 2 is 1.69 bits per heavy atom. The molecule has 1 heterocycles. The molecule has 0 unspecified atom stereocenters. The van der Waals surface area contributed by atoms with E-state index in [2.05, 4.69) is 19.2 Å². The van der Waals surface area contributed by atoms with Crippen molar-refractivity contribution in [2.24, 2.45) is 0 Å². The van der Waals surface area contributed by atoms with Gasteiger partial charge in [0.15, 0.2) is 0 Å². The van der Waals surface area contributed by atoms with Gasteiger partial charge in [0, 0.05) is 5.69 Å². The SMILES string of the molecule is Cc1cccc(C)c1NC(=O)CN1C(=O)S/C(=C/c2ccc(C(C)C)cc2)C1=O. The lowest BCUT2D eigenvalue weighted by atomic mass is 10.0. The zero-order chi connectivity index (χ0) is 21.1. The minimum Gasteiger partial charge on any atom is -0.324 e. The number of amides is 3. The molecule has 0 saturated carbocycles. The standard InChI is InChI=1S/C23H24N2O3S/c1-14(2)18-10-8-17(9-11-18)12-19-22(27)25(23(28)29-19)13-20(26)24-21-15(3)6-5-7-16(21)4/h5-12,14H,13H2,1-4H3,(H,24,26)/b19-12+. The van der Waals surface area contributed by atoms with E-state index in [1.807, 2.05) is 56.3 Å². The first kappa shape index (κ1) is 20.9. The number of rotatable bonds is 5. The van der Waals surface area contributed by atoms with Crippen molar-refractivity contribution in [3.63, 3.8) is 0 Å². The second-order valence-corrected chi connectivity index (χ2v) is 8.40. The lowest BCUT2D eigenvalue weighted by molar-refractivity contribution is -0.127. The summed E-state index contributed by atoms with van der Waals surface area (Å²) >= 11 is 0.860. The van der Waals surface area contributed by atoms with Crippen molar-refractivity contribution < 1.29 is 14.4 Å². The number of nitrogens with zero attached hydrogens (tertiary/aromatic N) is 1. The van der Waals surface area contributed by atoms with E-state index < -0.39 is 17.1 Å². The van der Waals surface area contributed by atoms with Crippen molar-refractivity contribution in [2.75, 3.05) is 11.9 Å². The van der Waals surface area contributed by atoms with Crippen LogP contribution in [0.4, 0.5) is 10.5 Å².